The maximum absolute atomic E-state index is 12.7. The fourth-order valence-corrected chi connectivity index (χ4v) is 4.39. The second-order valence-electron chi connectivity index (χ2n) is 7.60. The summed E-state index contributed by atoms with van der Waals surface area (Å²) in [4.78, 5) is 15.3. The summed E-state index contributed by atoms with van der Waals surface area (Å²) in [6, 6.07) is 11.7. The molecule has 4 rings (SSSR count). The van der Waals surface area contributed by atoms with E-state index in [4.69, 9.17) is 4.74 Å². The lowest BCUT2D eigenvalue weighted by atomic mass is 9.79. The van der Waals surface area contributed by atoms with Gasteiger partial charge in [-0.2, -0.15) is 5.10 Å². The van der Waals surface area contributed by atoms with Gasteiger partial charge in [0.25, 0.3) is 5.91 Å². The summed E-state index contributed by atoms with van der Waals surface area (Å²) >= 11 is 0. The fourth-order valence-electron chi connectivity index (χ4n) is 4.39. The number of amides is 1. The lowest BCUT2D eigenvalue weighted by Crippen LogP contribution is -2.59. The topological polar surface area (TPSA) is 70.2 Å². The highest BCUT2D eigenvalue weighted by Crippen LogP contribution is 2.34. The Kier molecular flexibility index (Phi) is 5.55. The quantitative estimate of drug-likeness (QED) is 0.851. The van der Waals surface area contributed by atoms with Crippen LogP contribution in [0.5, 0.6) is 0 Å². The van der Waals surface area contributed by atoms with Gasteiger partial charge >= 0.3 is 0 Å². The molecule has 1 aliphatic heterocycles. The molecule has 0 spiro atoms. The van der Waals surface area contributed by atoms with Gasteiger partial charge in [0.2, 0.25) is 0 Å². The number of benzene rings is 1. The minimum absolute atomic E-state index is 0.0694. The Bertz CT molecular complexity index is 747. The van der Waals surface area contributed by atoms with E-state index >= 15 is 0 Å². The third-order valence-corrected chi connectivity index (χ3v) is 5.94. The van der Waals surface area contributed by atoms with Crippen LogP contribution in [0.3, 0.4) is 0 Å². The summed E-state index contributed by atoms with van der Waals surface area (Å²) < 4.78 is 5.53. The van der Waals surface area contributed by atoms with Crippen molar-refractivity contribution >= 4 is 5.91 Å². The molecule has 6 nitrogen and oxygen atoms in total. The summed E-state index contributed by atoms with van der Waals surface area (Å²) in [7, 11) is 0. The summed E-state index contributed by atoms with van der Waals surface area (Å²) in [5.74, 6) is -0.0807. The Hall–Kier alpha value is -2.18. The van der Waals surface area contributed by atoms with Gasteiger partial charge in [-0.15, -0.1) is 0 Å². The molecule has 1 amide bonds. The normalized spacial score (nSPS) is 20.3. The molecule has 0 atom stereocenters. The van der Waals surface area contributed by atoms with Crippen LogP contribution in [-0.2, 0) is 4.74 Å². The number of ether oxygens (including phenoxy) is 1. The van der Waals surface area contributed by atoms with Crippen molar-refractivity contribution in [3.8, 4) is 11.3 Å². The minimum Gasteiger partial charge on any atom is -0.379 e. The zero-order valence-corrected chi connectivity index (χ0v) is 15.7. The van der Waals surface area contributed by atoms with E-state index < -0.39 is 0 Å². The number of rotatable bonds is 5. The number of hydrogen-bond donors (Lipinski definition) is 2. The van der Waals surface area contributed by atoms with Crippen molar-refractivity contribution < 1.29 is 9.53 Å². The summed E-state index contributed by atoms with van der Waals surface area (Å²) in [5.41, 5.74) is 2.38. The number of H-pyrrole nitrogens is 1. The van der Waals surface area contributed by atoms with Crippen LogP contribution in [0.2, 0.25) is 0 Å². The van der Waals surface area contributed by atoms with Crippen LogP contribution in [-0.4, -0.2) is 59.4 Å². The van der Waals surface area contributed by atoms with Gasteiger partial charge in [-0.05, 0) is 18.9 Å². The first-order valence-corrected chi connectivity index (χ1v) is 9.99. The van der Waals surface area contributed by atoms with Crippen LogP contribution in [0.4, 0.5) is 0 Å². The third kappa shape index (κ3) is 4.06. The Morgan fingerprint density at radius 3 is 2.63 bits per heavy atom. The van der Waals surface area contributed by atoms with Crippen LogP contribution in [0.1, 0.15) is 42.6 Å². The smallest absolute Gasteiger partial charge is 0.269 e. The molecule has 1 aliphatic carbocycles. The number of aromatic amines is 1. The van der Waals surface area contributed by atoms with E-state index in [1.807, 2.05) is 36.4 Å². The van der Waals surface area contributed by atoms with Gasteiger partial charge in [-0.25, -0.2) is 0 Å². The van der Waals surface area contributed by atoms with Crippen LogP contribution in [0, 0.1) is 0 Å². The Morgan fingerprint density at radius 2 is 1.89 bits per heavy atom. The molecule has 0 radical (unpaired) electrons. The highest BCUT2D eigenvalue weighted by Gasteiger charge is 2.38. The first-order valence-electron chi connectivity index (χ1n) is 9.99. The number of nitrogens with zero attached hydrogens (tertiary/aromatic N) is 2. The van der Waals surface area contributed by atoms with E-state index in [1.54, 1.807) is 0 Å². The molecule has 2 aliphatic rings. The van der Waals surface area contributed by atoms with Crippen molar-refractivity contribution in [1.82, 2.24) is 20.4 Å². The van der Waals surface area contributed by atoms with Gasteiger partial charge in [0, 0.05) is 30.7 Å². The molecule has 1 aromatic heterocycles. The largest absolute Gasteiger partial charge is 0.379 e. The van der Waals surface area contributed by atoms with E-state index in [0.717, 1.165) is 50.4 Å². The molecular formula is C21H28N4O2. The maximum atomic E-state index is 12.7. The standard InChI is InChI=1S/C21H28N4O2/c26-20(19-15-18(23-24-19)17-7-3-1-4-8-17)22-16-21(9-5-2-6-10-21)25-11-13-27-14-12-25/h1,3-4,7-8,15H,2,5-6,9-14,16H2,(H,22,26)(H,23,24). The average Bonchev–Trinajstić information content (AvgIpc) is 3.24. The SMILES string of the molecule is O=C(NCC1(N2CCOCC2)CCCCC1)c1cc(-c2ccccc2)n[nH]1. The van der Waals surface area contributed by atoms with Gasteiger partial charge < -0.3 is 10.1 Å². The molecule has 0 unspecified atom stereocenters. The molecule has 6 heteroatoms. The van der Waals surface area contributed by atoms with E-state index in [-0.39, 0.29) is 11.4 Å². The number of carbonyl (C=O) groups excluding carboxylic acids is 1. The van der Waals surface area contributed by atoms with Crippen molar-refractivity contribution in [2.75, 3.05) is 32.8 Å². The molecule has 1 aromatic carbocycles. The molecule has 27 heavy (non-hydrogen) atoms. The lowest BCUT2D eigenvalue weighted by molar-refractivity contribution is -0.0361. The van der Waals surface area contributed by atoms with Crippen LogP contribution in [0.25, 0.3) is 11.3 Å². The summed E-state index contributed by atoms with van der Waals surface area (Å²) in [6.07, 6.45) is 6.04. The predicted octanol–water partition coefficient (Wildman–Crippen LogP) is 2.84. The van der Waals surface area contributed by atoms with E-state index in [0.29, 0.717) is 12.2 Å². The monoisotopic (exact) mass is 368 g/mol. The highest BCUT2D eigenvalue weighted by molar-refractivity contribution is 5.93. The number of nitrogens with one attached hydrogen (secondary N) is 2. The Morgan fingerprint density at radius 1 is 1.15 bits per heavy atom. The highest BCUT2D eigenvalue weighted by atomic mass is 16.5. The molecular weight excluding hydrogens is 340 g/mol. The zero-order chi connectivity index (χ0) is 18.5. The lowest BCUT2D eigenvalue weighted by Gasteiger charge is -2.48. The van der Waals surface area contributed by atoms with Crippen LogP contribution < -0.4 is 5.32 Å². The van der Waals surface area contributed by atoms with Gasteiger partial charge in [0.15, 0.2) is 0 Å². The van der Waals surface area contributed by atoms with Crippen LogP contribution >= 0.6 is 0 Å². The number of carbonyl (C=O) groups is 1. The molecule has 144 valence electrons. The van der Waals surface area contributed by atoms with Crippen molar-refractivity contribution in [2.45, 2.75) is 37.6 Å². The molecule has 2 aromatic rings. The average molecular weight is 368 g/mol. The number of aromatic nitrogens is 2. The van der Waals surface area contributed by atoms with Gasteiger partial charge in [0.1, 0.15) is 5.69 Å². The number of hydrogen-bond acceptors (Lipinski definition) is 4. The maximum Gasteiger partial charge on any atom is 0.269 e. The molecule has 2 fully saturated rings. The first kappa shape index (κ1) is 18.2. The van der Waals surface area contributed by atoms with Gasteiger partial charge in [-0.3, -0.25) is 14.8 Å². The molecule has 2 heterocycles. The zero-order valence-electron chi connectivity index (χ0n) is 15.7. The van der Waals surface area contributed by atoms with Gasteiger partial charge in [-0.1, -0.05) is 49.6 Å². The first-order chi connectivity index (χ1) is 13.3. The second kappa shape index (κ2) is 8.23. The van der Waals surface area contributed by atoms with Crippen molar-refractivity contribution in [3.05, 3.63) is 42.1 Å². The molecule has 0 bridgehead atoms. The molecule has 1 saturated carbocycles. The van der Waals surface area contributed by atoms with E-state index in [2.05, 4.69) is 20.4 Å². The second-order valence-corrected chi connectivity index (χ2v) is 7.60. The van der Waals surface area contributed by atoms with Crippen molar-refractivity contribution in [2.24, 2.45) is 0 Å². The van der Waals surface area contributed by atoms with E-state index in [9.17, 15) is 4.79 Å². The van der Waals surface area contributed by atoms with Crippen molar-refractivity contribution in [3.63, 3.8) is 0 Å². The molecule has 2 N–H and O–H groups in total. The fraction of sp³-hybridized carbons (Fsp3) is 0.524. The van der Waals surface area contributed by atoms with Crippen LogP contribution in [0.15, 0.2) is 36.4 Å². The number of morpholine rings is 1. The molecule has 1 saturated heterocycles. The third-order valence-electron chi connectivity index (χ3n) is 5.94. The Balaban J connectivity index is 1.43. The predicted molar refractivity (Wildman–Crippen MR) is 105 cm³/mol. The summed E-state index contributed by atoms with van der Waals surface area (Å²) in [5, 5.41) is 10.4. The van der Waals surface area contributed by atoms with E-state index in [1.165, 1.54) is 19.3 Å². The minimum atomic E-state index is -0.0807. The van der Waals surface area contributed by atoms with Crippen molar-refractivity contribution in [1.29, 1.82) is 0 Å². The summed E-state index contributed by atoms with van der Waals surface area (Å²) in [6.45, 7) is 4.18. The van der Waals surface area contributed by atoms with Gasteiger partial charge in [0.05, 0.1) is 18.9 Å². The Labute approximate surface area is 160 Å².